The third-order valence-electron chi connectivity index (χ3n) is 3.82. The second kappa shape index (κ2) is 7.94. The molecule has 27 heavy (non-hydrogen) atoms. The van der Waals surface area contributed by atoms with Crippen LogP contribution in [0.3, 0.4) is 0 Å². The summed E-state index contributed by atoms with van der Waals surface area (Å²) >= 11 is 7.63. The lowest BCUT2D eigenvalue weighted by atomic mass is 10.2. The molecule has 0 radical (unpaired) electrons. The van der Waals surface area contributed by atoms with Crippen LogP contribution in [0.25, 0.3) is 22.4 Å². The van der Waals surface area contributed by atoms with E-state index in [-0.39, 0.29) is 0 Å². The minimum Gasteiger partial charge on any atom is -0.420 e. The van der Waals surface area contributed by atoms with Crippen molar-refractivity contribution in [2.75, 3.05) is 11.9 Å². The largest absolute Gasteiger partial charge is 0.420 e. The van der Waals surface area contributed by atoms with Crippen LogP contribution in [0.5, 0.6) is 0 Å². The van der Waals surface area contributed by atoms with Crippen molar-refractivity contribution in [2.45, 2.75) is 17.8 Å². The van der Waals surface area contributed by atoms with E-state index in [1.54, 1.807) is 6.07 Å². The Morgan fingerprint density at radius 2 is 1.85 bits per heavy atom. The molecule has 0 atom stereocenters. The van der Waals surface area contributed by atoms with Gasteiger partial charge in [-0.1, -0.05) is 47.6 Å². The van der Waals surface area contributed by atoms with Crippen LogP contribution in [0.2, 0.25) is 5.02 Å². The minimum absolute atomic E-state index is 0.406. The van der Waals surface area contributed by atoms with Crippen molar-refractivity contribution in [3.05, 3.63) is 59.4 Å². The number of benzene rings is 2. The standard InChI is InChI=1S/C19H16ClN5OS/c1-2-21-17-13-8-4-6-10-15(13)22-19(23-17)27-11-16-24-25-18(26-16)12-7-3-5-9-14(12)20/h3-10H,2,11H2,1H3,(H,21,22,23). The lowest BCUT2D eigenvalue weighted by molar-refractivity contribution is 0.528. The average Bonchev–Trinajstić information content (AvgIpc) is 3.16. The summed E-state index contributed by atoms with van der Waals surface area (Å²) in [6.45, 7) is 2.83. The predicted molar refractivity (Wildman–Crippen MR) is 108 cm³/mol. The smallest absolute Gasteiger partial charge is 0.249 e. The number of thioether (sulfide) groups is 1. The van der Waals surface area contributed by atoms with Gasteiger partial charge in [0, 0.05) is 11.9 Å². The monoisotopic (exact) mass is 397 g/mol. The highest BCUT2D eigenvalue weighted by molar-refractivity contribution is 7.98. The number of para-hydroxylation sites is 1. The highest BCUT2D eigenvalue weighted by Gasteiger charge is 2.13. The lowest BCUT2D eigenvalue weighted by Gasteiger charge is -2.08. The molecule has 0 bridgehead atoms. The molecule has 0 fully saturated rings. The van der Waals surface area contributed by atoms with Gasteiger partial charge >= 0.3 is 0 Å². The van der Waals surface area contributed by atoms with Crippen molar-refractivity contribution in [2.24, 2.45) is 0 Å². The van der Waals surface area contributed by atoms with E-state index in [1.807, 2.05) is 49.4 Å². The molecule has 2 aromatic carbocycles. The normalized spacial score (nSPS) is 11.0. The van der Waals surface area contributed by atoms with Gasteiger partial charge in [0.05, 0.1) is 21.9 Å². The van der Waals surface area contributed by atoms with Gasteiger partial charge in [-0.2, -0.15) is 0 Å². The van der Waals surface area contributed by atoms with Crippen molar-refractivity contribution >= 4 is 40.1 Å². The van der Waals surface area contributed by atoms with Gasteiger partial charge < -0.3 is 9.73 Å². The van der Waals surface area contributed by atoms with E-state index in [9.17, 15) is 0 Å². The van der Waals surface area contributed by atoms with Gasteiger partial charge in [-0.15, -0.1) is 10.2 Å². The number of nitrogens with one attached hydrogen (secondary N) is 1. The van der Waals surface area contributed by atoms with E-state index in [4.69, 9.17) is 16.0 Å². The summed E-state index contributed by atoms with van der Waals surface area (Å²) < 4.78 is 5.74. The van der Waals surface area contributed by atoms with E-state index < -0.39 is 0 Å². The zero-order chi connectivity index (χ0) is 18.6. The molecule has 0 spiro atoms. The Kier molecular flexibility index (Phi) is 5.22. The molecule has 8 heteroatoms. The van der Waals surface area contributed by atoms with Crippen molar-refractivity contribution in [1.29, 1.82) is 0 Å². The molecule has 0 aliphatic heterocycles. The molecule has 0 saturated carbocycles. The van der Waals surface area contributed by atoms with E-state index in [2.05, 4.69) is 25.5 Å². The summed E-state index contributed by atoms with van der Waals surface area (Å²) in [7, 11) is 0. The molecule has 0 aliphatic rings. The number of aromatic nitrogens is 4. The Hall–Kier alpha value is -2.64. The Labute approximate surface area is 165 Å². The summed E-state index contributed by atoms with van der Waals surface area (Å²) in [5.41, 5.74) is 1.62. The molecule has 0 unspecified atom stereocenters. The third-order valence-corrected chi connectivity index (χ3v) is 4.98. The van der Waals surface area contributed by atoms with Gasteiger partial charge in [0.1, 0.15) is 5.82 Å². The quantitative estimate of drug-likeness (QED) is 0.360. The molecule has 2 heterocycles. The summed E-state index contributed by atoms with van der Waals surface area (Å²) in [6.07, 6.45) is 0. The predicted octanol–water partition coefficient (Wildman–Crippen LogP) is 5.06. The Morgan fingerprint density at radius 3 is 2.70 bits per heavy atom. The molecule has 0 saturated heterocycles. The molecule has 2 aromatic heterocycles. The second-order valence-electron chi connectivity index (χ2n) is 5.67. The number of fused-ring (bicyclic) bond motifs is 1. The first kappa shape index (κ1) is 17.8. The molecule has 136 valence electrons. The summed E-state index contributed by atoms with van der Waals surface area (Å²) in [5, 5.41) is 13.7. The summed E-state index contributed by atoms with van der Waals surface area (Å²) in [6, 6.07) is 15.3. The molecule has 6 nitrogen and oxygen atoms in total. The van der Waals surface area contributed by atoms with Crippen LogP contribution in [-0.4, -0.2) is 26.7 Å². The van der Waals surface area contributed by atoms with Crippen LogP contribution >= 0.6 is 23.4 Å². The summed E-state index contributed by atoms with van der Waals surface area (Å²) in [5.74, 6) is 2.20. The highest BCUT2D eigenvalue weighted by Crippen LogP contribution is 2.29. The van der Waals surface area contributed by atoms with E-state index >= 15 is 0 Å². The van der Waals surface area contributed by atoms with E-state index in [0.29, 0.717) is 27.7 Å². The van der Waals surface area contributed by atoms with Gasteiger partial charge in [0.2, 0.25) is 11.8 Å². The van der Waals surface area contributed by atoms with Crippen molar-refractivity contribution in [3.8, 4) is 11.5 Å². The number of anilines is 1. The topological polar surface area (TPSA) is 76.7 Å². The molecular formula is C19H16ClN5OS. The maximum Gasteiger partial charge on any atom is 0.249 e. The second-order valence-corrected chi connectivity index (χ2v) is 7.02. The fraction of sp³-hybridized carbons (Fsp3) is 0.158. The average molecular weight is 398 g/mol. The number of hydrogen-bond acceptors (Lipinski definition) is 7. The number of hydrogen-bond donors (Lipinski definition) is 1. The molecule has 1 N–H and O–H groups in total. The fourth-order valence-electron chi connectivity index (χ4n) is 2.60. The zero-order valence-electron chi connectivity index (χ0n) is 14.5. The molecule has 4 rings (SSSR count). The maximum absolute atomic E-state index is 6.18. The van der Waals surface area contributed by atoms with Gasteiger partial charge in [-0.05, 0) is 31.2 Å². The van der Waals surface area contributed by atoms with Crippen LogP contribution in [0, 0.1) is 0 Å². The first-order valence-electron chi connectivity index (χ1n) is 8.45. The molecule has 0 amide bonds. The van der Waals surface area contributed by atoms with Crippen LogP contribution in [0.4, 0.5) is 5.82 Å². The van der Waals surface area contributed by atoms with Crippen LogP contribution < -0.4 is 5.32 Å². The van der Waals surface area contributed by atoms with Crippen LogP contribution in [0.15, 0.2) is 58.1 Å². The fourth-order valence-corrected chi connectivity index (χ4v) is 3.51. The first-order valence-corrected chi connectivity index (χ1v) is 9.81. The third kappa shape index (κ3) is 3.89. The van der Waals surface area contributed by atoms with Gasteiger partial charge in [-0.25, -0.2) is 9.97 Å². The van der Waals surface area contributed by atoms with Crippen LogP contribution in [-0.2, 0) is 5.75 Å². The first-order chi connectivity index (χ1) is 13.2. The van der Waals surface area contributed by atoms with E-state index in [0.717, 1.165) is 28.8 Å². The van der Waals surface area contributed by atoms with Crippen molar-refractivity contribution < 1.29 is 4.42 Å². The van der Waals surface area contributed by atoms with Gasteiger partial charge in [-0.3, -0.25) is 0 Å². The number of halogens is 1. The SMILES string of the molecule is CCNc1nc(SCc2nnc(-c3ccccc3Cl)o2)nc2ccccc12. The Balaban J connectivity index is 1.55. The lowest BCUT2D eigenvalue weighted by Crippen LogP contribution is -2.02. The number of nitrogens with zero attached hydrogens (tertiary/aromatic N) is 4. The Bertz CT molecular complexity index is 1080. The summed E-state index contributed by atoms with van der Waals surface area (Å²) in [4.78, 5) is 9.23. The maximum atomic E-state index is 6.18. The van der Waals surface area contributed by atoms with E-state index in [1.165, 1.54) is 11.8 Å². The molecule has 4 aromatic rings. The minimum atomic E-state index is 0.406. The molecule has 0 aliphatic carbocycles. The van der Waals surface area contributed by atoms with Gasteiger partial charge in [0.25, 0.3) is 0 Å². The van der Waals surface area contributed by atoms with Crippen molar-refractivity contribution in [1.82, 2.24) is 20.2 Å². The van der Waals surface area contributed by atoms with Crippen molar-refractivity contribution in [3.63, 3.8) is 0 Å². The highest BCUT2D eigenvalue weighted by atomic mass is 35.5. The zero-order valence-corrected chi connectivity index (χ0v) is 16.1. The van der Waals surface area contributed by atoms with Gasteiger partial charge in [0.15, 0.2) is 5.16 Å². The number of rotatable bonds is 6. The Morgan fingerprint density at radius 1 is 1.04 bits per heavy atom. The molecular weight excluding hydrogens is 382 g/mol. The van der Waals surface area contributed by atoms with Crippen LogP contribution in [0.1, 0.15) is 12.8 Å².